The van der Waals surface area contributed by atoms with Crippen molar-refractivity contribution < 1.29 is 26.3 Å². The van der Waals surface area contributed by atoms with Crippen LogP contribution in [0.25, 0.3) is 14.4 Å². The maximum absolute atomic E-state index is 13.8. The Kier molecular flexibility index (Phi) is 8.61. The second-order valence-corrected chi connectivity index (χ2v) is 17.9. The average molecular weight is 721 g/mol. The van der Waals surface area contributed by atoms with Crippen LogP contribution < -0.4 is 4.40 Å². The van der Waals surface area contributed by atoms with E-state index in [4.69, 9.17) is 0 Å². The Morgan fingerprint density at radius 2 is 0.959 bits per heavy atom. The van der Waals surface area contributed by atoms with Crippen molar-refractivity contribution in [3.63, 3.8) is 0 Å². The molecule has 2 atom stereocenters. The molecule has 244 valence electrons. The summed E-state index contributed by atoms with van der Waals surface area (Å²) in [4.78, 5) is 0. The number of allylic oxidation sites excluding steroid dienone is 6. The Labute approximate surface area is 285 Å². The Morgan fingerprint density at radius 1 is 0.490 bits per heavy atom. The van der Waals surface area contributed by atoms with Crippen LogP contribution in [0.2, 0.25) is 0 Å². The van der Waals surface area contributed by atoms with E-state index in [1.807, 2.05) is 109 Å². The molecule has 0 radical (unpaired) electrons. The molecule has 2 aliphatic rings. The summed E-state index contributed by atoms with van der Waals surface area (Å²) in [7, 11) is 0. The molecule has 1 aliphatic carbocycles. The zero-order chi connectivity index (χ0) is 34.2. The van der Waals surface area contributed by atoms with Gasteiger partial charge in [0.2, 0.25) is 0 Å². The second kappa shape index (κ2) is 12.9. The van der Waals surface area contributed by atoms with E-state index in [2.05, 4.69) is 6.08 Å². The first kappa shape index (κ1) is 32.7. The molecular weight excluding hydrogens is 691 g/mol. The topological polar surface area (TPSA) is 0 Å². The summed E-state index contributed by atoms with van der Waals surface area (Å²) in [6.45, 7) is 0. The van der Waals surface area contributed by atoms with E-state index in [0.717, 1.165) is 53.2 Å². The third kappa shape index (κ3) is 6.14. The zero-order valence-corrected chi connectivity index (χ0v) is 28.6. The monoisotopic (exact) mass is 722 g/mol. The molecule has 0 saturated carbocycles. The summed E-state index contributed by atoms with van der Waals surface area (Å²) in [5.74, 6) is 0. The number of alkyl halides is 6. The van der Waals surface area contributed by atoms with Gasteiger partial charge in [0.05, 0.1) is 0 Å². The van der Waals surface area contributed by atoms with E-state index in [1.165, 1.54) is 12.1 Å². The molecule has 0 aromatic heterocycles. The van der Waals surface area contributed by atoms with Gasteiger partial charge in [-0.2, -0.15) is 0 Å². The Balaban J connectivity index is 1.63. The molecule has 1 aliphatic heterocycles. The first-order valence-corrected chi connectivity index (χ1v) is 19.6. The molecule has 7 rings (SSSR count). The number of halogens is 6. The van der Waals surface area contributed by atoms with Crippen molar-refractivity contribution in [3.05, 3.63) is 203 Å². The summed E-state index contributed by atoms with van der Waals surface area (Å²) in [6.07, 6.45) is -0.481. The van der Waals surface area contributed by atoms with Gasteiger partial charge in [-0.3, -0.25) is 0 Å². The molecule has 0 spiro atoms. The van der Waals surface area contributed by atoms with Gasteiger partial charge in [0.1, 0.15) is 0 Å². The molecule has 49 heavy (non-hydrogen) atoms. The molecule has 0 fully saturated rings. The summed E-state index contributed by atoms with van der Waals surface area (Å²) in [5.41, 5.74) is 3.24. The van der Waals surface area contributed by atoms with E-state index in [1.54, 1.807) is 24.3 Å². The van der Waals surface area contributed by atoms with Gasteiger partial charge in [-0.1, -0.05) is 0 Å². The van der Waals surface area contributed by atoms with E-state index in [0.29, 0.717) is 12.0 Å². The van der Waals surface area contributed by atoms with Gasteiger partial charge in [0.15, 0.2) is 0 Å². The number of benzene rings is 5. The van der Waals surface area contributed by atoms with Crippen molar-refractivity contribution in [2.45, 2.75) is 24.2 Å². The van der Waals surface area contributed by atoms with Gasteiger partial charge < -0.3 is 0 Å². The summed E-state index contributed by atoms with van der Waals surface area (Å²) in [6, 6.07) is 40.9. The first-order valence-electron chi connectivity index (χ1n) is 15.9. The average Bonchev–Trinajstić information content (AvgIpc) is 3.49. The third-order valence-electron chi connectivity index (χ3n) is 9.41. The maximum atomic E-state index is 13.8. The van der Waals surface area contributed by atoms with E-state index >= 15 is 0 Å². The first-order chi connectivity index (χ1) is 23.6. The standard InChI is InChI=1S/C42H30F6Ge/c43-41(44,45)33-21-19-32(20-22-33)40(27-11-4-12-28-40)37-36(29-13-5-1-6-14-29)38(30-15-7-2-8-16-30)49(39(37)31-17-9-3-10-18-31)35-25-23-34(24-26-35)42(46,47)48/h1-27,49H,28H2. The molecule has 7 heteroatoms. The van der Waals surface area contributed by atoms with Crippen molar-refractivity contribution in [3.8, 4) is 0 Å². The van der Waals surface area contributed by atoms with Crippen molar-refractivity contribution in [1.82, 2.24) is 0 Å². The molecular formula is C42H30F6Ge. The number of rotatable bonds is 6. The normalized spacial score (nSPS) is 19.5. The fourth-order valence-corrected chi connectivity index (χ4v) is 15.4. The van der Waals surface area contributed by atoms with Crippen LogP contribution in [0.3, 0.4) is 0 Å². The Bertz CT molecular complexity index is 2070. The van der Waals surface area contributed by atoms with Gasteiger partial charge in [0, 0.05) is 0 Å². The van der Waals surface area contributed by atoms with Crippen LogP contribution in [0, 0.1) is 0 Å². The SMILES string of the molecule is FC(F)(F)c1cc[c]([GeH]2[C](c3ccccc3)=C(c3ccccc3)C(C3(c4ccc(C(F)(F)F)cc4)C=CC=CC3)=[C]2c2ccccc2)cc1. The van der Waals surface area contributed by atoms with Crippen molar-refractivity contribution >= 4 is 33.1 Å². The second-order valence-electron chi connectivity index (χ2n) is 12.3. The van der Waals surface area contributed by atoms with Crippen molar-refractivity contribution in [2.24, 2.45) is 0 Å². The van der Waals surface area contributed by atoms with Crippen LogP contribution in [0.4, 0.5) is 26.3 Å². The van der Waals surface area contributed by atoms with Crippen LogP contribution in [0.5, 0.6) is 0 Å². The molecule has 0 bridgehead atoms. The predicted molar refractivity (Wildman–Crippen MR) is 187 cm³/mol. The van der Waals surface area contributed by atoms with E-state index in [-0.39, 0.29) is 0 Å². The summed E-state index contributed by atoms with van der Waals surface area (Å²) in [5, 5.41) is 0. The van der Waals surface area contributed by atoms with Crippen molar-refractivity contribution in [2.75, 3.05) is 0 Å². The summed E-state index contributed by atoms with van der Waals surface area (Å²) >= 11 is -3.34. The zero-order valence-electron chi connectivity index (χ0n) is 26.1. The third-order valence-corrected chi connectivity index (χ3v) is 16.6. The van der Waals surface area contributed by atoms with Crippen molar-refractivity contribution in [1.29, 1.82) is 0 Å². The molecule has 1 heterocycles. The van der Waals surface area contributed by atoms with E-state index in [9.17, 15) is 26.3 Å². The van der Waals surface area contributed by atoms with Gasteiger partial charge >= 0.3 is 286 Å². The van der Waals surface area contributed by atoms with Gasteiger partial charge in [-0.05, 0) is 0 Å². The number of hydrogen-bond donors (Lipinski definition) is 0. The molecule has 5 aromatic carbocycles. The van der Waals surface area contributed by atoms with Crippen LogP contribution in [0.15, 0.2) is 169 Å². The molecule has 2 unspecified atom stereocenters. The van der Waals surface area contributed by atoms with Crippen LogP contribution >= 0.6 is 0 Å². The van der Waals surface area contributed by atoms with Crippen LogP contribution in [0.1, 0.15) is 39.8 Å². The predicted octanol–water partition coefficient (Wildman–Crippen LogP) is 10.8. The van der Waals surface area contributed by atoms with Gasteiger partial charge in [-0.25, -0.2) is 0 Å². The molecule has 0 amide bonds. The van der Waals surface area contributed by atoms with Crippen LogP contribution in [-0.4, -0.2) is 14.3 Å². The van der Waals surface area contributed by atoms with Gasteiger partial charge in [0.25, 0.3) is 0 Å². The summed E-state index contributed by atoms with van der Waals surface area (Å²) < 4.78 is 85.9. The molecule has 5 aromatic rings. The van der Waals surface area contributed by atoms with Crippen LogP contribution in [-0.2, 0) is 17.8 Å². The molecule has 0 nitrogen and oxygen atoms in total. The number of hydrogen-bond acceptors (Lipinski definition) is 0. The molecule has 0 N–H and O–H groups in total. The van der Waals surface area contributed by atoms with Gasteiger partial charge in [-0.15, -0.1) is 0 Å². The Hall–Kier alpha value is -4.82. The fraction of sp³-hybridized carbons (Fsp3) is 0.0952. The molecule has 0 saturated heterocycles. The Morgan fingerprint density at radius 3 is 1.43 bits per heavy atom. The van der Waals surface area contributed by atoms with E-state index < -0.39 is 43.2 Å². The minimum absolute atomic E-state index is 0.487. The quantitative estimate of drug-likeness (QED) is 0.121. The minimum atomic E-state index is -4.49. The fourth-order valence-electron chi connectivity index (χ4n) is 7.25.